The molecule has 1 unspecified atom stereocenters. The minimum absolute atomic E-state index is 0.0844. The van der Waals surface area contributed by atoms with Crippen molar-refractivity contribution < 1.29 is 28.6 Å². The molecular weight excluding hydrogens is 264 g/mol. The van der Waals surface area contributed by atoms with Crippen molar-refractivity contribution in [2.24, 2.45) is 11.8 Å². The Labute approximate surface area is 118 Å². The van der Waals surface area contributed by atoms with E-state index < -0.39 is 35.3 Å². The average Bonchev–Trinajstić information content (AvgIpc) is 2.52. The zero-order chi connectivity index (χ0) is 15.5. The van der Waals surface area contributed by atoms with Gasteiger partial charge in [0.1, 0.15) is 5.60 Å². The number of hydrogen-bond acceptors (Lipinski definition) is 6. The molecule has 20 heavy (non-hydrogen) atoms. The Kier molecular flexibility index (Phi) is 4.92. The van der Waals surface area contributed by atoms with E-state index in [-0.39, 0.29) is 18.8 Å². The van der Waals surface area contributed by atoms with Crippen LogP contribution in [0.2, 0.25) is 0 Å². The van der Waals surface area contributed by atoms with Gasteiger partial charge >= 0.3 is 17.9 Å². The Hall–Kier alpha value is -1.85. The van der Waals surface area contributed by atoms with Gasteiger partial charge < -0.3 is 14.2 Å². The molecule has 0 aliphatic carbocycles. The fourth-order valence-electron chi connectivity index (χ4n) is 2.35. The van der Waals surface area contributed by atoms with Gasteiger partial charge in [-0.1, -0.05) is 6.58 Å². The predicted molar refractivity (Wildman–Crippen MR) is 69.6 cm³/mol. The Balaban J connectivity index is 3.15. The molecule has 1 rings (SSSR count). The van der Waals surface area contributed by atoms with E-state index in [0.717, 1.165) is 0 Å². The van der Waals surface area contributed by atoms with Crippen LogP contribution in [0.5, 0.6) is 0 Å². The van der Waals surface area contributed by atoms with Crippen LogP contribution in [0.15, 0.2) is 12.2 Å². The molecule has 0 aromatic carbocycles. The van der Waals surface area contributed by atoms with Crippen LogP contribution in [-0.4, -0.2) is 36.7 Å². The number of carbonyl (C=O) groups excluding carboxylic acids is 3. The quantitative estimate of drug-likeness (QED) is 0.327. The van der Waals surface area contributed by atoms with E-state index in [1.807, 2.05) is 0 Å². The van der Waals surface area contributed by atoms with Gasteiger partial charge in [0.15, 0.2) is 5.92 Å². The Morgan fingerprint density at radius 2 is 1.70 bits per heavy atom. The first-order valence-corrected chi connectivity index (χ1v) is 6.51. The molecule has 0 saturated carbocycles. The van der Waals surface area contributed by atoms with Crippen LogP contribution in [-0.2, 0) is 28.6 Å². The van der Waals surface area contributed by atoms with Gasteiger partial charge in [0.2, 0.25) is 0 Å². The summed E-state index contributed by atoms with van der Waals surface area (Å²) in [4.78, 5) is 35.8. The summed E-state index contributed by atoms with van der Waals surface area (Å²) < 4.78 is 15.0. The van der Waals surface area contributed by atoms with E-state index in [2.05, 4.69) is 6.58 Å². The highest BCUT2D eigenvalue weighted by molar-refractivity contribution is 6.00. The van der Waals surface area contributed by atoms with Gasteiger partial charge in [0.05, 0.1) is 19.1 Å². The summed E-state index contributed by atoms with van der Waals surface area (Å²) in [6.45, 7) is 10.4. The highest BCUT2D eigenvalue weighted by Crippen LogP contribution is 2.41. The maximum atomic E-state index is 12.1. The van der Waals surface area contributed by atoms with Crippen molar-refractivity contribution in [3.8, 4) is 0 Å². The Bertz CT molecular complexity index is 419. The molecule has 6 nitrogen and oxygen atoms in total. The predicted octanol–water partition coefficient (Wildman–Crippen LogP) is 1.24. The first kappa shape index (κ1) is 16.2. The number of hydrogen-bond donors (Lipinski definition) is 0. The van der Waals surface area contributed by atoms with Gasteiger partial charge in [-0.3, -0.25) is 9.59 Å². The Morgan fingerprint density at radius 3 is 2.00 bits per heavy atom. The molecule has 1 aliphatic rings. The van der Waals surface area contributed by atoms with Gasteiger partial charge in [-0.05, 0) is 27.7 Å². The minimum Gasteiger partial charge on any atom is -0.465 e. The van der Waals surface area contributed by atoms with E-state index in [0.29, 0.717) is 0 Å². The maximum Gasteiger partial charge on any atom is 0.334 e. The third kappa shape index (κ3) is 3.00. The van der Waals surface area contributed by atoms with Crippen LogP contribution in [0, 0.1) is 11.8 Å². The molecule has 112 valence electrons. The first-order chi connectivity index (χ1) is 9.26. The van der Waals surface area contributed by atoms with Crippen molar-refractivity contribution in [2.45, 2.75) is 33.3 Å². The molecule has 0 radical (unpaired) electrons. The van der Waals surface area contributed by atoms with Crippen LogP contribution in [0.1, 0.15) is 27.7 Å². The number of rotatable bonds is 5. The van der Waals surface area contributed by atoms with E-state index in [1.165, 1.54) is 0 Å². The second-order valence-electron chi connectivity index (χ2n) is 4.98. The molecule has 1 saturated heterocycles. The molecule has 1 heterocycles. The standard InChI is InChI=1S/C14H20O6/c1-6-18-12(16)9(13(17)19-7-2)10-8(3)11(15)20-14(10,4)5/h9-10H,3,6-7H2,1-2,4-5H3. The van der Waals surface area contributed by atoms with Gasteiger partial charge in [0, 0.05) is 5.57 Å². The number of esters is 3. The monoisotopic (exact) mass is 284 g/mol. The molecule has 1 fully saturated rings. The number of ether oxygens (including phenoxy) is 3. The second-order valence-corrected chi connectivity index (χ2v) is 4.98. The van der Waals surface area contributed by atoms with E-state index in [1.54, 1.807) is 27.7 Å². The summed E-state index contributed by atoms with van der Waals surface area (Å²) >= 11 is 0. The minimum atomic E-state index is -1.25. The fraction of sp³-hybridized carbons (Fsp3) is 0.643. The van der Waals surface area contributed by atoms with E-state index in [9.17, 15) is 14.4 Å². The highest BCUT2D eigenvalue weighted by Gasteiger charge is 2.54. The summed E-state index contributed by atoms with van der Waals surface area (Å²) in [7, 11) is 0. The normalized spacial score (nSPS) is 20.8. The number of carbonyl (C=O) groups is 3. The lowest BCUT2D eigenvalue weighted by atomic mass is 9.77. The van der Waals surface area contributed by atoms with Crippen molar-refractivity contribution in [3.63, 3.8) is 0 Å². The first-order valence-electron chi connectivity index (χ1n) is 6.51. The molecule has 1 aliphatic heterocycles. The zero-order valence-electron chi connectivity index (χ0n) is 12.2. The lowest BCUT2D eigenvalue weighted by Gasteiger charge is -2.29. The summed E-state index contributed by atoms with van der Waals surface area (Å²) in [5.74, 6) is -4.12. The van der Waals surface area contributed by atoms with Crippen molar-refractivity contribution >= 4 is 17.9 Å². The van der Waals surface area contributed by atoms with Gasteiger partial charge in [-0.15, -0.1) is 0 Å². The molecule has 6 heteroatoms. The van der Waals surface area contributed by atoms with Crippen LogP contribution in [0.4, 0.5) is 0 Å². The van der Waals surface area contributed by atoms with Crippen molar-refractivity contribution in [2.75, 3.05) is 13.2 Å². The van der Waals surface area contributed by atoms with Gasteiger partial charge in [-0.2, -0.15) is 0 Å². The van der Waals surface area contributed by atoms with Crippen LogP contribution < -0.4 is 0 Å². The van der Waals surface area contributed by atoms with Crippen LogP contribution in [0.3, 0.4) is 0 Å². The molecule has 0 aromatic heterocycles. The number of cyclic esters (lactones) is 1. The van der Waals surface area contributed by atoms with E-state index >= 15 is 0 Å². The van der Waals surface area contributed by atoms with Gasteiger partial charge in [0.25, 0.3) is 0 Å². The van der Waals surface area contributed by atoms with Crippen molar-refractivity contribution in [1.82, 2.24) is 0 Å². The second kappa shape index (κ2) is 6.07. The SMILES string of the molecule is C=C1C(=O)OC(C)(C)C1C(C(=O)OCC)C(=O)OCC. The molecule has 0 bridgehead atoms. The van der Waals surface area contributed by atoms with E-state index in [4.69, 9.17) is 14.2 Å². The van der Waals surface area contributed by atoms with Crippen LogP contribution in [0.25, 0.3) is 0 Å². The van der Waals surface area contributed by atoms with Crippen molar-refractivity contribution in [3.05, 3.63) is 12.2 Å². The summed E-state index contributed by atoms with van der Waals surface area (Å²) in [6.07, 6.45) is 0. The molecule has 0 aromatic rings. The molecule has 0 spiro atoms. The highest BCUT2D eigenvalue weighted by atomic mass is 16.6. The topological polar surface area (TPSA) is 78.9 Å². The average molecular weight is 284 g/mol. The summed E-state index contributed by atoms with van der Waals surface area (Å²) in [5, 5.41) is 0. The molecule has 0 amide bonds. The third-order valence-electron chi connectivity index (χ3n) is 3.16. The molecule has 0 N–H and O–H groups in total. The molecule has 1 atom stereocenters. The largest absolute Gasteiger partial charge is 0.465 e. The Morgan fingerprint density at radius 1 is 1.25 bits per heavy atom. The lowest BCUT2D eigenvalue weighted by Crippen LogP contribution is -2.43. The summed E-state index contributed by atoms with van der Waals surface area (Å²) in [6, 6.07) is 0. The maximum absolute atomic E-state index is 12.1. The van der Waals surface area contributed by atoms with Crippen molar-refractivity contribution in [1.29, 1.82) is 0 Å². The fourth-order valence-corrected chi connectivity index (χ4v) is 2.35. The summed E-state index contributed by atoms with van der Waals surface area (Å²) in [5.41, 5.74) is -0.931. The lowest BCUT2D eigenvalue weighted by molar-refractivity contribution is -0.168. The zero-order valence-corrected chi connectivity index (χ0v) is 12.2. The molecular formula is C14H20O6. The smallest absolute Gasteiger partial charge is 0.334 e. The van der Waals surface area contributed by atoms with Crippen LogP contribution >= 0.6 is 0 Å². The van der Waals surface area contributed by atoms with Gasteiger partial charge in [-0.25, -0.2) is 4.79 Å². The third-order valence-corrected chi connectivity index (χ3v) is 3.16.